The number of nitrogens with one attached hydrogen (secondary N) is 1. The summed E-state index contributed by atoms with van der Waals surface area (Å²) in [7, 11) is 3.32. The molecule has 1 aliphatic rings. The molecule has 0 bridgehead atoms. The van der Waals surface area contributed by atoms with E-state index in [9.17, 15) is 0 Å². The predicted octanol–water partition coefficient (Wildman–Crippen LogP) is 4.02. The Morgan fingerprint density at radius 1 is 1.29 bits per heavy atom. The maximum atomic E-state index is 6.39. The molecule has 0 amide bonds. The Morgan fingerprint density at radius 3 is 2.52 bits per heavy atom. The van der Waals surface area contributed by atoms with Crippen molar-refractivity contribution < 1.29 is 9.47 Å². The van der Waals surface area contributed by atoms with Crippen molar-refractivity contribution in [3.8, 4) is 11.5 Å². The smallest absolute Gasteiger partial charge is 0.179 e. The molecule has 1 aromatic rings. The zero-order chi connectivity index (χ0) is 15.4. The summed E-state index contributed by atoms with van der Waals surface area (Å²) >= 11 is 6.39. The highest BCUT2D eigenvalue weighted by Gasteiger charge is 2.23. The van der Waals surface area contributed by atoms with Crippen LogP contribution in [0.3, 0.4) is 0 Å². The highest BCUT2D eigenvalue weighted by atomic mass is 35.5. The van der Waals surface area contributed by atoms with Gasteiger partial charge in [0.15, 0.2) is 11.5 Å². The molecule has 1 saturated heterocycles. The molecule has 0 aliphatic carbocycles. The van der Waals surface area contributed by atoms with E-state index in [0.29, 0.717) is 22.6 Å². The predicted molar refractivity (Wildman–Crippen MR) is 87.9 cm³/mol. The van der Waals surface area contributed by atoms with Crippen LogP contribution in [0, 0.1) is 5.92 Å². The van der Waals surface area contributed by atoms with Crippen LogP contribution < -0.4 is 14.8 Å². The van der Waals surface area contributed by atoms with Crippen LogP contribution in [0.2, 0.25) is 5.02 Å². The molecule has 1 aromatic carbocycles. The lowest BCUT2D eigenvalue weighted by atomic mass is 9.86. The van der Waals surface area contributed by atoms with Gasteiger partial charge >= 0.3 is 0 Å². The standard InChI is InChI=1S/C17H26ClNO2/c1-11(2)15-13(8-12-6-5-7-19-10-12)9-14(18)16(20-3)17(15)21-4/h9,11-12,19H,5-8,10H2,1-4H3. The molecule has 1 N–H and O–H groups in total. The second-order valence-electron chi connectivity index (χ2n) is 6.07. The minimum Gasteiger partial charge on any atom is -0.492 e. The van der Waals surface area contributed by atoms with Gasteiger partial charge in [-0.05, 0) is 55.8 Å². The molecule has 2 rings (SSSR count). The lowest BCUT2D eigenvalue weighted by molar-refractivity contribution is 0.347. The second kappa shape index (κ2) is 7.37. The van der Waals surface area contributed by atoms with Crippen molar-refractivity contribution in [3.63, 3.8) is 0 Å². The van der Waals surface area contributed by atoms with Crippen molar-refractivity contribution >= 4 is 11.6 Å². The van der Waals surface area contributed by atoms with Crippen LogP contribution in [0.15, 0.2) is 6.07 Å². The van der Waals surface area contributed by atoms with Crippen LogP contribution in [0.25, 0.3) is 0 Å². The molecule has 0 aromatic heterocycles. The minimum atomic E-state index is 0.373. The number of hydrogen-bond acceptors (Lipinski definition) is 3. The van der Waals surface area contributed by atoms with Crippen LogP contribution in [-0.2, 0) is 6.42 Å². The number of rotatable bonds is 5. The third-order valence-electron chi connectivity index (χ3n) is 4.21. The quantitative estimate of drug-likeness (QED) is 0.891. The van der Waals surface area contributed by atoms with Crippen molar-refractivity contribution in [2.24, 2.45) is 5.92 Å². The van der Waals surface area contributed by atoms with Gasteiger partial charge in [-0.3, -0.25) is 0 Å². The Hall–Kier alpha value is -0.930. The second-order valence-corrected chi connectivity index (χ2v) is 6.48. The minimum absolute atomic E-state index is 0.373. The van der Waals surface area contributed by atoms with Crippen LogP contribution >= 0.6 is 11.6 Å². The number of hydrogen-bond donors (Lipinski definition) is 1. The largest absolute Gasteiger partial charge is 0.492 e. The van der Waals surface area contributed by atoms with Gasteiger partial charge in [-0.15, -0.1) is 0 Å². The van der Waals surface area contributed by atoms with Gasteiger partial charge in [0.25, 0.3) is 0 Å². The van der Waals surface area contributed by atoms with Crippen molar-refractivity contribution in [2.45, 2.75) is 39.0 Å². The fourth-order valence-electron chi connectivity index (χ4n) is 3.28. The molecule has 0 saturated carbocycles. The summed E-state index contributed by atoms with van der Waals surface area (Å²) in [6.45, 7) is 6.60. The average molecular weight is 312 g/mol. The van der Waals surface area contributed by atoms with E-state index in [0.717, 1.165) is 25.3 Å². The Labute approximate surface area is 133 Å². The molecule has 4 heteroatoms. The molecular formula is C17H26ClNO2. The summed E-state index contributed by atoms with van der Waals surface area (Å²) in [4.78, 5) is 0. The normalized spacial score (nSPS) is 18.9. The first-order chi connectivity index (χ1) is 10.1. The summed E-state index contributed by atoms with van der Waals surface area (Å²) in [5.41, 5.74) is 2.52. The third-order valence-corrected chi connectivity index (χ3v) is 4.49. The molecule has 3 nitrogen and oxygen atoms in total. The number of methoxy groups -OCH3 is 2. The van der Waals surface area contributed by atoms with Gasteiger partial charge in [0.2, 0.25) is 0 Å². The summed E-state index contributed by atoms with van der Waals surface area (Å²) < 4.78 is 11.0. The van der Waals surface area contributed by atoms with E-state index in [1.54, 1.807) is 14.2 Å². The Balaban J connectivity index is 2.40. The maximum Gasteiger partial charge on any atom is 0.179 e. The van der Waals surface area contributed by atoms with Crippen LogP contribution in [0.5, 0.6) is 11.5 Å². The molecule has 1 heterocycles. The monoisotopic (exact) mass is 311 g/mol. The number of halogens is 1. The van der Waals surface area contributed by atoms with Gasteiger partial charge in [0.1, 0.15) is 0 Å². The highest BCUT2D eigenvalue weighted by molar-refractivity contribution is 6.32. The molecule has 118 valence electrons. The van der Waals surface area contributed by atoms with Gasteiger partial charge in [-0.2, -0.15) is 0 Å². The Morgan fingerprint density at radius 2 is 2.00 bits per heavy atom. The van der Waals surface area contributed by atoms with E-state index in [-0.39, 0.29) is 0 Å². The maximum absolute atomic E-state index is 6.39. The van der Waals surface area contributed by atoms with Gasteiger partial charge in [0.05, 0.1) is 19.2 Å². The first-order valence-electron chi connectivity index (χ1n) is 7.72. The van der Waals surface area contributed by atoms with Crippen molar-refractivity contribution in [1.82, 2.24) is 5.32 Å². The summed E-state index contributed by atoms with van der Waals surface area (Å²) in [5.74, 6) is 2.48. The zero-order valence-corrected chi connectivity index (χ0v) is 14.2. The van der Waals surface area contributed by atoms with E-state index in [1.807, 2.05) is 0 Å². The molecule has 0 radical (unpaired) electrons. The van der Waals surface area contributed by atoms with Gasteiger partial charge in [0, 0.05) is 5.56 Å². The molecule has 1 fully saturated rings. The fourth-order valence-corrected chi connectivity index (χ4v) is 3.57. The van der Waals surface area contributed by atoms with Crippen molar-refractivity contribution in [2.75, 3.05) is 27.3 Å². The van der Waals surface area contributed by atoms with E-state index in [2.05, 4.69) is 25.2 Å². The lowest BCUT2D eigenvalue weighted by Crippen LogP contribution is -2.31. The number of ether oxygens (including phenoxy) is 2. The summed E-state index contributed by atoms with van der Waals surface area (Å²) in [6.07, 6.45) is 3.57. The number of benzene rings is 1. The fraction of sp³-hybridized carbons (Fsp3) is 0.647. The number of piperidine rings is 1. The summed E-state index contributed by atoms with van der Waals surface area (Å²) in [6, 6.07) is 2.06. The first-order valence-corrected chi connectivity index (χ1v) is 8.10. The first kappa shape index (κ1) is 16.4. The van der Waals surface area contributed by atoms with E-state index in [4.69, 9.17) is 21.1 Å². The average Bonchev–Trinajstić information content (AvgIpc) is 2.47. The SMILES string of the molecule is COc1c(Cl)cc(CC2CCCNC2)c(C(C)C)c1OC. The van der Waals surface area contributed by atoms with Gasteiger partial charge in [-0.25, -0.2) is 0 Å². The van der Waals surface area contributed by atoms with Gasteiger partial charge in [-0.1, -0.05) is 25.4 Å². The van der Waals surface area contributed by atoms with Crippen LogP contribution in [0.1, 0.15) is 43.7 Å². The summed E-state index contributed by atoms with van der Waals surface area (Å²) in [5, 5.41) is 4.12. The molecule has 1 unspecified atom stereocenters. The van der Waals surface area contributed by atoms with Crippen molar-refractivity contribution in [3.05, 3.63) is 22.2 Å². The highest BCUT2D eigenvalue weighted by Crippen LogP contribution is 2.44. The molecule has 1 aliphatic heterocycles. The molecule has 0 spiro atoms. The Kier molecular flexibility index (Phi) is 5.77. The van der Waals surface area contributed by atoms with E-state index >= 15 is 0 Å². The van der Waals surface area contributed by atoms with Crippen LogP contribution in [0.4, 0.5) is 0 Å². The molecule has 21 heavy (non-hydrogen) atoms. The molecule has 1 atom stereocenters. The topological polar surface area (TPSA) is 30.5 Å². The van der Waals surface area contributed by atoms with Crippen molar-refractivity contribution in [1.29, 1.82) is 0 Å². The van der Waals surface area contributed by atoms with Crippen LogP contribution in [-0.4, -0.2) is 27.3 Å². The van der Waals surface area contributed by atoms with E-state index in [1.165, 1.54) is 24.0 Å². The zero-order valence-electron chi connectivity index (χ0n) is 13.5. The molecular weight excluding hydrogens is 286 g/mol. The lowest BCUT2D eigenvalue weighted by Gasteiger charge is -2.26. The Bertz CT molecular complexity index is 482. The van der Waals surface area contributed by atoms with E-state index < -0.39 is 0 Å². The van der Waals surface area contributed by atoms with Gasteiger partial charge < -0.3 is 14.8 Å². The third kappa shape index (κ3) is 3.64.